The minimum absolute atomic E-state index is 0.0824. The van der Waals surface area contributed by atoms with E-state index in [0.29, 0.717) is 25.5 Å². The molecule has 0 bridgehead atoms. The van der Waals surface area contributed by atoms with E-state index in [1.807, 2.05) is 31.2 Å². The van der Waals surface area contributed by atoms with Gasteiger partial charge in [0.2, 0.25) is 5.91 Å². The molecule has 1 aromatic carbocycles. The fraction of sp³-hybridized carbons (Fsp3) is 0.462. The van der Waals surface area contributed by atoms with Gasteiger partial charge in [-0.1, -0.05) is 12.1 Å². The summed E-state index contributed by atoms with van der Waals surface area (Å²) in [6, 6.07) is 7.51. The number of ether oxygens (including phenoxy) is 3. The van der Waals surface area contributed by atoms with Crippen molar-refractivity contribution in [1.82, 2.24) is 5.32 Å². The minimum atomic E-state index is -0.114. The lowest BCUT2D eigenvalue weighted by Gasteiger charge is -2.23. The fourth-order valence-corrected chi connectivity index (χ4v) is 1.67. The maximum Gasteiger partial charge on any atom is 0.246 e. The van der Waals surface area contributed by atoms with Crippen LogP contribution in [0.5, 0.6) is 11.5 Å². The summed E-state index contributed by atoms with van der Waals surface area (Å²) in [5.41, 5.74) is 0. The largest absolute Gasteiger partial charge is 0.490 e. The SMILES string of the molecule is CCOc1ccccc1OCC1CNC(=O)CO1. The van der Waals surface area contributed by atoms with Gasteiger partial charge in [-0.05, 0) is 19.1 Å². The first-order chi connectivity index (χ1) is 8.79. The van der Waals surface area contributed by atoms with Gasteiger partial charge in [-0.15, -0.1) is 0 Å². The lowest BCUT2D eigenvalue weighted by atomic mass is 10.3. The predicted molar refractivity (Wildman–Crippen MR) is 65.9 cm³/mol. The molecule has 5 heteroatoms. The standard InChI is InChI=1S/C13H17NO4/c1-2-16-11-5-3-4-6-12(11)18-8-10-7-14-13(15)9-17-10/h3-6,10H,2,7-9H2,1H3,(H,14,15). The van der Waals surface area contributed by atoms with Crippen molar-refractivity contribution in [3.63, 3.8) is 0 Å². The van der Waals surface area contributed by atoms with Crippen LogP contribution in [0.1, 0.15) is 6.92 Å². The Morgan fingerprint density at radius 1 is 1.33 bits per heavy atom. The molecule has 18 heavy (non-hydrogen) atoms. The van der Waals surface area contributed by atoms with Crippen LogP contribution in [0.25, 0.3) is 0 Å². The maximum atomic E-state index is 10.9. The number of carbonyl (C=O) groups excluding carboxylic acids is 1. The van der Waals surface area contributed by atoms with Gasteiger partial charge in [0.15, 0.2) is 11.5 Å². The summed E-state index contributed by atoms with van der Waals surface area (Å²) in [6.07, 6.45) is -0.114. The molecule has 98 valence electrons. The predicted octanol–water partition coefficient (Wildman–Crippen LogP) is 0.979. The molecule has 1 amide bonds. The average Bonchev–Trinajstić information content (AvgIpc) is 2.40. The Bertz CT molecular complexity index is 398. The van der Waals surface area contributed by atoms with Crippen LogP contribution in [0, 0.1) is 0 Å². The zero-order valence-electron chi connectivity index (χ0n) is 10.3. The van der Waals surface area contributed by atoms with Crippen molar-refractivity contribution in [1.29, 1.82) is 0 Å². The number of hydrogen-bond acceptors (Lipinski definition) is 4. The number of amides is 1. The van der Waals surface area contributed by atoms with E-state index < -0.39 is 0 Å². The minimum Gasteiger partial charge on any atom is -0.490 e. The van der Waals surface area contributed by atoms with Crippen LogP contribution < -0.4 is 14.8 Å². The van der Waals surface area contributed by atoms with Gasteiger partial charge in [0.05, 0.1) is 6.61 Å². The molecule has 0 saturated carbocycles. The fourth-order valence-electron chi connectivity index (χ4n) is 1.67. The van der Waals surface area contributed by atoms with E-state index in [-0.39, 0.29) is 18.6 Å². The third-order valence-electron chi connectivity index (χ3n) is 2.55. The first kappa shape index (κ1) is 12.7. The van der Waals surface area contributed by atoms with Crippen LogP contribution in [-0.4, -0.2) is 38.4 Å². The summed E-state index contributed by atoms with van der Waals surface area (Å²) in [5.74, 6) is 1.33. The molecule has 0 spiro atoms. The highest BCUT2D eigenvalue weighted by Gasteiger charge is 2.19. The molecule has 1 N–H and O–H groups in total. The first-order valence-corrected chi connectivity index (χ1v) is 6.02. The van der Waals surface area contributed by atoms with Gasteiger partial charge in [-0.3, -0.25) is 4.79 Å². The second-order valence-corrected chi connectivity index (χ2v) is 3.93. The van der Waals surface area contributed by atoms with Crippen molar-refractivity contribution in [2.45, 2.75) is 13.0 Å². The smallest absolute Gasteiger partial charge is 0.246 e. The number of para-hydroxylation sites is 2. The Morgan fingerprint density at radius 3 is 2.67 bits per heavy atom. The molecular formula is C13H17NO4. The zero-order valence-corrected chi connectivity index (χ0v) is 10.3. The Balaban J connectivity index is 1.87. The molecule has 1 unspecified atom stereocenters. The lowest BCUT2D eigenvalue weighted by Crippen LogP contribution is -2.45. The molecule has 2 rings (SSSR count). The normalized spacial score (nSPS) is 19.2. The molecule has 1 heterocycles. The van der Waals surface area contributed by atoms with Gasteiger partial charge >= 0.3 is 0 Å². The molecule has 1 fully saturated rings. The van der Waals surface area contributed by atoms with E-state index in [1.54, 1.807) is 0 Å². The van der Waals surface area contributed by atoms with E-state index >= 15 is 0 Å². The molecule has 1 atom stereocenters. The molecule has 1 saturated heterocycles. The van der Waals surface area contributed by atoms with Gasteiger partial charge in [-0.25, -0.2) is 0 Å². The summed E-state index contributed by atoms with van der Waals surface area (Å²) in [4.78, 5) is 10.9. The Morgan fingerprint density at radius 2 is 2.06 bits per heavy atom. The number of nitrogens with one attached hydrogen (secondary N) is 1. The van der Waals surface area contributed by atoms with Crippen LogP contribution in [-0.2, 0) is 9.53 Å². The van der Waals surface area contributed by atoms with E-state index in [0.717, 1.165) is 5.75 Å². The van der Waals surface area contributed by atoms with E-state index in [9.17, 15) is 4.79 Å². The first-order valence-electron chi connectivity index (χ1n) is 6.02. The van der Waals surface area contributed by atoms with Crippen molar-refractivity contribution in [2.75, 3.05) is 26.4 Å². The second-order valence-electron chi connectivity index (χ2n) is 3.93. The highest BCUT2D eigenvalue weighted by Crippen LogP contribution is 2.26. The summed E-state index contributed by atoms with van der Waals surface area (Å²) in [5, 5.41) is 2.73. The van der Waals surface area contributed by atoms with Gasteiger partial charge in [0.25, 0.3) is 0 Å². The monoisotopic (exact) mass is 251 g/mol. The Hall–Kier alpha value is -1.75. The van der Waals surface area contributed by atoms with E-state index in [2.05, 4.69) is 5.32 Å². The van der Waals surface area contributed by atoms with Crippen LogP contribution >= 0.6 is 0 Å². The van der Waals surface area contributed by atoms with Crippen LogP contribution in [0.4, 0.5) is 0 Å². The molecule has 0 radical (unpaired) electrons. The van der Waals surface area contributed by atoms with Gasteiger partial charge < -0.3 is 19.5 Å². The van der Waals surface area contributed by atoms with Crippen molar-refractivity contribution in [3.8, 4) is 11.5 Å². The van der Waals surface area contributed by atoms with Crippen molar-refractivity contribution in [3.05, 3.63) is 24.3 Å². The van der Waals surface area contributed by atoms with Crippen LogP contribution in [0.3, 0.4) is 0 Å². The number of benzene rings is 1. The quantitative estimate of drug-likeness (QED) is 0.847. The molecule has 0 aliphatic carbocycles. The van der Waals surface area contributed by atoms with Crippen molar-refractivity contribution >= 4 is 5.91 Å². The summed E-state index contributed by atoms with van der Waals surface area (Å²) in [7, 11) is 0. The molecule has 1 aromatic rings. The van der Waals surface area contributed by atoms with E-state index in [4.69, 9.17) is 14.2 Å². The summed E-state index contributed by atoms with van der Waals surface area (Å²) in [6.45, 7) is 3.49. The second kappa shape index (κ2) is 6.26. The zero-order chi connectivity index (χ0) is 12.8. The number of hydrogen-bond donors (Lipinski definition) is 1. The third kappa shape index (κ3) is 3.37. The molecule has 0 aromatic heterocycles. The highest BCUT2D eigenvalue weighted by atomic mass is 16.5. The summed E-state index contributed by atoms with van der Waals surface area (Å²) < 4.78 is 16.5. The number of rotatable bonds is 5. The van der Waals surface area contributed by atoms with Gasteiger partial charge in [-0.2, -0.15) is 0 Å². The maximum absolute atomic E-state index is 10.9. The molecule has 5 nitrogen and oxygen atoms in total. The highest BCUT2D eigenvalue weighted by molar-refractivity contribution is 5.77. The molecular weight excluding hydrogens is 234 g/mol. The van der Waals surface area contributed by atoms with Crippen LogP contribution in [0.15, 0.2) is 24.3 Å². The summed E-state index contributed by atoms with van der Waals surface area (Å²) >= 11 is 0. The van der Waals surface area contributed by atoms with Gasteiger partial charge in [0, 0.05) is 6.54 Å². The molecule has 1 aliphatic heterocycles. The van der Waals surface area contributed by atoms with Crippen LogP contribution in [0.2, 0.25) is 0 Å². The van der Waals surface area contributed by atoms with Crippen molar-refractivity contribution in [2.24, 2.45) is 0 Å². The number of carbonyl (C=O) groups is 1. The number of morpholine rings is 1. The van der Waals surface area contributed by atoms with Crippen molar-refractivity contribution < 1.29 is 19.0 Å². The lowest BCUT2D eigenvalue weighted by molar-refractivity contribution is -0.134. The molecule has 1 aliphatic rings. The Labute approximate surface area is 106 Å². The Kier molecular flexibility index (Phi) is 4.41. The van der Waals surface area contributed by atoms with Gasteiger partial charge in [0.1, 0.15) is 19.3 Å². The average molecular weight is 251 g/mol. The topological polar surface area (TPSA) is 56.8 Å². The third-order valence-corrected chi connectivity index (χ3v) is 2.55. The van der Waals surface area contributed by atoms with E-state index in [1.165, 1.54) is 0 Å².